The molecule has 0 aliphatic heterocycles. The van der Waals surface area contributed by atoms with Gasteiger partial charge in [-0.15, -0.1) is 0 Å². The molecule has 3 rings (SSSR count). The number of carbonyl (C=O) groups is 1. The first-order valence-electron chi connectivity index (χ1n) is 7.92. The Morgan fingerprint density at radius 3 is 2.59 bits per heavy atom. The lowest BCUT2D eigenvalue weighted by molar-refractivity contribution is 0.187. The Balaban J connectivity index is 1.74. The molecule has 0 aliphatic carbocycles. The monoisotopic (exact) mass is 387 g/mol. The molecule has 8 nitrogen and oxygen atoms in total. The van der Waals surface area contributed by atoms with Crippen LogP contribution in [-0.2, 0) is 21.3 Å². The summed E-state index contributed by atoms with van der Waals surface area (Å²) < 4.78 is 37.4. The molecular formula is C18H17N3O5S. The van der Waals surface area contributed by atoms with Gasteiger partial charge >= 0.3 is 6.09 Å². The summed E-state index contributed by atoms with van der Waals surface area (Å²) >= 11 is 0. The molecule has 9 heteroatoms. The van der Waals surface area contributed by atoms with Crippen LogP contribution < -0.4 is 10.0 Å². The van der Waals surface area contributed by atoms with Crippen molar-refractivity contribution >= 4 is 21.8 Å². The standard InChI is InChI=1S/C18H17N3O5S/c1-25-18(22)21-14-6-8-15(9-7-14)27(23,24)20-12-13-4-2-10-19-17(13)16-5-3-11-26-16/h2-11,20H,12H2,1H3,(H,21,22). The van der Waals surface area contributed by atoms with Gasteiger partial charge in [-0.25, -0.2) is 17.9 Å². The fourth-order valence-electron chi connectivity index (χ4n) is 2.36. The lowest BCUT2D eigenvalue weighted by Gasteiger charge is -2.10. The molecule has 1 aromatic carbocycles. The Hall–Kier alpha value is -3.17. The van der Waals surface area contributed by atoms with E-state index in [1.54, 1.807) is 30.5 Å². The van der Waals surface area contributed by atoms with Gasteiger partial charge in [0.15, 0.2) is 5.76 Å². The van der Waals surface area contributed by atoms with Crippen LogP contribution in [-0.4, -0.2) is 26.6 Å². The van der Waals surface area contributed by atoms with E-state index < -0.39 is 16.1 Å². The normalized spacial score (nSPS) is 11.1. The van der Waals surface area contributed by atoms with Crippen LogP contribution in [0.1, 0.15) is 5.56 Å². The predicted molar refractivity (Wildman–Crippen MR) is 98.4 cm³/mol. The number of aromatic nitrogens is 1. The first-order chi connectivity index (χ1) is 13.0. The van der Waals surface area contributed by atoms with Gasteiger partial charge in [0, 0.05) is 18.4 Å². The topological polar surface area (TPSA) is 111 Å². The SMILES string of the molecule is COC(=O)Nc1ccc(S(=O)(=O)NCc2cccnc2-c2ccco2)cc1. The van der Waals surface area contributed by atoms with Crippen molar-refractivity contribution < 1.29 is 22.4 Å². The number of sulfonamides is 1. The van der Waals surface area contributed by atoms with Crippen molar-refractivity contribution in [1.82, 2.24) is 9.71 Å². The first-order valence-corrected chi connectivity index (χ1v) is 9.40. The predicted octanol–water partition coefficient (Wildman–Crippen LogP) is 3.00. The molecule has 0 radical (unpaired) electrons. The molecule has 0 bridgehead atoms. The second-order valence-corrected chi connectivity index (χ2v) is 7.22. The number of hydrogen-bond donors (Lipinski definition) is 2. The van der Waals surface area contributed by atoms with Gasteiger partial charge in [-0.2, -0.15) is 0 Å². The first kappa shape index (κ1) is 18.6. The van der Waals surface area contributed by atoms with Crippen LogP contribution in [0.4, 0.5) is 10.5 Å². The van der Waals surface area contributed by atoms with Crippen molar-refractivity contribution in [3.63, 3.8) is 0 Å². The third-order valence-electron chi connectivity index (χ3n) is 3.69. The van der Waals surface area contributed by atoms with Crippen molar-refractivity contribution in [3.05, 3.63) is 66.6 Å². The second kappa shape index (κ2) is 8.02. The third kappa shape index (κ3) is 4.52. The van der Waals surface area contributed by atoms with E-state index in [2.05, 4.69) is 19.8 Å². The van der Waals surface area contributed by atoms with Crippen molar-refractivity contribution in [3.8, 4) is 11.5 Å². The van der Waals surface area contributed by atoms with Crippen molar-refractivity contribution in [2.24, 2.45) is 0 Å². The molecule has 1 amide bonds. The van der Waals surface area contributed by atoms with Crippen LogP contribution in [0.25, 0.3) is 11.5 Å². The Bertz CT molecular complexity index is 1020. The summed E-state index contributed by atoms with van der Waals surface area (Å²) in [5.41, 5.74) is 1.68. The number of benzene rings is 1. The van der Waals surface area contributed by atoms with Crippen LogP contribution in [0.2, 0.25) is 0 Å². The summed E-state index contributed by atoms with van der Waals surface area (Å²) in [5, 5.41) is 2.46. The fourth-order valence-corrected chi connectivity index (χ4v) is 3.37. The number of anilines is 1. The number of methoxy groups -OCH3 is 1. The van der Waals surface area contributed by atoms with Gasteiger partial charge in [-0.05, 0) is 48.0 Å². The molecule has 0 aliphatic rings. The number of ether oxygens (including phenoxy) is 1. The molecule has 0 unspecified atom stereocenters. The largest absolute Gasteiger partial charge is 0.463 e. The van der Waals surface area contributed by atoms with E-state index in [0.29, 0.717) is 22.7 Å². The molecule has 3 aromatic rings. The number of amides is 1. The van der Waals surface area contributed by atoms with Gasteiger partial charge in [0.05, 0.1) is 18.3 Å². The minimum Gasteiger partial charge on any atom is -0.463 e. The quantitative estimate of drug-likeness (QED) is 0.673. The van der Waals surface area contributed by atoms with E-state index in [0.717, 1.165) is 0 Å². The molecule has 140 valence electrons. The molecule has 27 heavy (non-hydrogen) atoms. The number of furan rings is 1. The maximum absolute atomic E-state index is 12.5. The van der Waals surface area contributed by atoms with Gasteiger partial charge in [0.1, 0.15) is 5.69 Å². The minimum absolute atomic E-state index is 0.0500. The highest BCUT2D eigenvalue weighted by Crippen LogP contribution is 2.22. The zero-order valence-corrected chi connectivity index (χ0v) is 15.2. The molecule has 0 fully saturated rings. The van der Waals surface area contributed by atoms with Gasteiger partial charge < -0.3 is 9.15 Å². The molecule has 0 saturated heterocycles. The van der Waals surface area contributed by atoms with Crippen molar-refractivity contribution in [2.75, 3.05) is 12.4 Å². The van der Waals surface area contributed by atoms with E-state index in [1.807, 2.05) is 0 Å². The van der Waals surface area contributed by atoms with Crippen LogP contribution in [0.15, 0.2) is 70.3 Å². The molecule has 2 aromatic heterocycles. The third-order valence-corrected chi connectivity index (χ3v) is 5.11. The van der Waals surface area contributed by atoms with Crippen molar-refractivity contribution in [2.45, 2.75) is 11.4 Å². The van der Waals surface area contributed by atoms with Crippen LogP contribution in [0.3, 0.4) is 0 Å². The number of nitrogens with zero attached hydrogens (tertiary/aromatic N) is 1. The highest BCUT2D eigenvalue weighted by atomic mass is 32.2. The molecule has 2 heterocycles. The zero-order chi connectivity index (χ0) is 19.3. The Kier molecular flexibility index (Phi) is 5.53. The lowest BCUT2D eigenvalue weighted by atomic mass is 10.1. The Morgan fingerprint density at radius 2 is 1.93 bits per heavy atom. The molecule has 0 spiro atoms. The van der Waals surface area contributed by atoms with Gasteiger partial charge in [0.2, 0.25) is 10.0 Å². The number of pyridine rings is 1. The maximum Gasteiger partial charge on any atom is 0.411 e. The summed E-state index contributed by atoms with van der Waals surface area (Å²) in [7, 11) is -2.50. The maximum atomic E-state index is 12.5. The van der Waals surface area contributed by atoms with E-state index >= 15 is 0 Å². The summed E-state index contributed by atoms with van der Waals surface area (Å²) in [6.07, 6.45) is 2.51. The Morgan fingerprint density at radius 1 is 1.15 bits per heavy atom. The number of carbonyl (C=O) groups excluding carboxylic acids is 1. The van der Waals surface area contributed by atoms with Gasteiger partial charge in [-0.3, -0.25) is 10.3 Å². The van der Waals surface area contributed by atoms with Crippen LogP contribution in [0, 0.1) is 0 Å². The summed E-state index contributed by atoms with van der Waals surface area (Å²) in [5.74, 6) is 0.558. The molecular weight excluding hydrogens is 370 g/mol. The van der Waals surface area contributed by atoms with Crippen LogP contribution >= 0.6 is 0 Å². The summed E-state index contributed by atoms with van der Waals surface area (Å²) in [6.45, 7) is 0.0500. The number of rotatable bonds is 6. The van der Waals surface area contributed by atoms with Crippen LogP contribution in [0.5, 0.6) is 0 Å². The molecule has 0 atom stereocenters. The van der Waals surface area contributed by atoms with E-state index in [1.165, 1.54) is 37.6 Å². The van der Waals surface area contributed by atoms with Gasteiger partial charge in [0.25, 0.3) is 0 Å². The molecule has 0 saturated carbocycles. The second-order valence-electron chi connectivity index (χ2n) is 5.45. The smallest absolute Gasteiger partial charge is 0.411 e. The summed E-state index contributed by atoms with van der Waals surface area (Å²) in [4.78, 5) is 15.5. The number of hydrogen-bond acceptors (Lipinski definition) is 6. The highest BCUT2D eigenvalue weighted by molar-refractivity contribution is 7.89. The highest BCUT2D eigenvalue weighted by Gasteiger charge is 2.16. The lowest BCUT2D eigenvalue weighted by Crippen LogP contribution is -2.23. The zero-order valence-electron chi connectivity index (χ0n) is 14.4. The van der Waals surface area contributed by atoms with Gasteiger partial charge in [-0.1, -0.05) is 6.07 Å². The minimum atomic E-state index is -3.75. The van der Waals surface area contributed by atoms with E-state index in [4.69, 9.17) is 4.42 Å². The Labute approximate surface area is 156 Å². The average Bonchev–Trinajstić information content (AvgIpc) is 3.21. The van der Waals surface area contributed by atoms with E-state index in [9.17, 15) is 13.2 Å². The number of nitrogens with one attached hydrogen (secondary N) is 2. The summed E-state index contributed by atoms with van der Waals surface area (Å²) in [6, 6.07) is 12.7. The van der Waals surface area contributed by atoms with E-state index in [-0.39, 0.29) is 11.4 Å². The fraction of sp³-hybridized carbons (Fsp3) is 0.111. The molecule has 2 N–H and O–H groups in total. The average molecular weight is 387 g/mol. The van der Waals surface area contributed by atoms with Crippen molar-refractivity contribution in [1.29, 1.82) is 0 Å².